The third-order valence-electron chi connectivity index (χ3n) is 3.75. The van der Waals surface area contributed by atoms with Crippen LogP contribution in [0, 0.1) is 0 Å². The van der Waals surface area contributed by atoms with Gasteiger partial charge in [0.05, 0.1) is 0 Å². The van der Waals surface area contributed by atoms with Crippen LogP contribution < -0.4 is 0 Å². The number of rotatable bonds is 3. The molecule has 3 nitrogen and oxygen atoms in total. The molecule has 0 saturated heterocycles. The van der Waals surface area contributed by atoms with E-state index in [9.17, 15) is 11.4 Å². The fraction of sp³-hybridized carbons (Fsp3) is 1.00. The molecule has 1 N–H and O–H groups in total. The fourth-order valence-electron chi connectivity index (χ4n) is 1.79. The molecule has 0 fully saturated rings. The molecular weight excluding hydrogens is 207 g/mol. The Kier molecular flexibility index (Phi) is 2.62. The topological polar surface area (TPSA) is 54.4 Å². The van der Waals surface area contributed by atoms with Gasteiger partial charge in [-0.05, 0) is 0 Å². The van der Waals surface area contributed by atoms with E-state index in [0.29, 0.717) is 0 Å². The molecule has 0 aliphatic heterocycles. The van der Waals surface area contributed by atoms with Crippen molar-refractivity contribution in [1.82, 2.24) is 0 Å². The molecule has 0 rings (SSSR count). The second kappa shape index (κ2) is 2.59. The summed E-state index contributed by atoms with van der Waals surface area (Å²) in [6.45, 7) is 9.33. The van der Waals surface area contributed by atoms with Crippen molar-refractivity contribution in [2.75, 3.05) is 0 Å². The van der Waals surface area contributed by atoms with Crippen LogP contribution in [-0.2, 0) is 19.4 Å². The molecule has 0 spiro atoms. The van der Waals surface area contributed by atoms with Crippen LogP contribution in [0.15, 0.2) is 0 Å². The van der Waals surface area contributed by atoms with Gasteiger partial charge >= 0.3 is 78.8 Å². The molecule has 81 valence electrons. The minimum absolute atomic E-state index is 0.705. The quantitative estimate of drug-likeness (QED) is 0.807. The Morgan fingerprint density at radius 1 is 0.769 bits per heavy atom. The molecule has 0 unspecified atom stereocenters. The summed E-state index contributed by atoms with van der Waals surface area (Å²) in [5.74, 6) is 0. The molecule has 0 saturated carbocycles. The molecule has 0 aromatic carbocycles. The Balaban J connectivity index is 6.04. The van der Waals surface area contributed by atoms with Crippen LogP contribution in [0.3, 0.4) is 0 Å². The Labute approximate surface area is 79.2 Å². The minimum atomic E-state index is -6.15. The summed E-state index contributed by atoms with van der Waals surface area (Å²) in [5.41, 5.74) is 0. The number of hydrogen-bond donors (Lipinski definition) is 1. The molecule has 0 aromatic rings. The summed E-state index contributed by atoms with van der Waals surface area (Å²) < 4.78 is 33.2. The molecule has 0 atom stereocenters. The van der Waals surface area contributed by atoms with Gasteiger partial charge in [0.2, 0.25) is 0 Å². The first kappa shape index (κ1) is 13.1. The second-order valence-electron chi connectivity index (χ2n) is 4.95. The Hall–Kier alpha value is 0.144. The predicted molar refractivity (Wildman–Crippen MR) is 48.9 cm³/mol. The van der Waals surface area contributed by atoms with Gasteiger partial charge in [0.15, 0.2) is 0 Å². The first-order valence-corrected chi connectivity index (χ1v) is 8.99. The van der Waals surface area contributed by atoms with E-state index in [4.69, 9.17) is 0 Å². The van der Waals surface area contributed by atoms with E-state index in [1.165, 1.54) is 0 Å². The third-order valence-corrected chi connectivity index (χ3v) is 15.4. The maximum absolute atomic E-state index is 12.5. The summed E-state index contributed by atoms with van der Waals surface area (Å²) in [4.78, 5) is 0. The van der Waals surface area contributed by atoms with E-state index < -0.39 is 25.9 Å². The molecule has 0 radical (unpaired) electrons. The van der Waals surface area contributed by atoms with Crippen molar-refractivity contribution in [3.8, 4) is 0 Å². The Bertz CT molecular complexity index is 310. The summed E-state index contributed by atoms with van der Waals surface area (Å²) in [6, 6.07) is 0. The van der Waals surface area contributed by atoms with Crippen LogP contribution in [0.2, 0.25) is 13.9 Å². The summed E-state index contributed by atoms with van der Waals surface area (Å²) in [5, 5.41) is 0. The average molecular weight is 229 g/mol. The van der Waals surface area contributed by atoms with Gasteiger partial charge in [-0.15, -0.1) is 0 Å². The standard InChI is InChI=1S/3C3H7.H2O.2O.V/c3*1-3-2;;;;/h3*3H,1-2H3;1H2;;;/q;;;;;;+1/p-1. The SMILES string of the molecule is C[CH](C)[V](=[O])(=[O])([OH])([CH](C)C)[CH](C)C. The normalized spacial score (nSPS) is 19.2. The van der Waals surface area contributed by atoms with Gasteiger partial charge in [-0.25, -0.2) is 0 Å². The summed E-state index contributed by atoms with van der Waals surface area (Å²) in [7, 11) is 0. The van der Waals surface area contributed by atoms with E-state index >= 15 is 0 Å². The van der Waals surface area contributed by atoms with E-state index in [-0.39, 0.29) is 0 Å². The van der Waals surface area contributed by atoms with Crippen molar-refractivity contribution in [3.63, 3.8) is 0 Å². The molecule has 0 aliphatic carbocycles. The van der Waals surface area contributed by atoms with Crippen molar-refractivity contribution < 1.29 is 23.4 Å². The summed E-state index contributed by atoms with van der Waals surface area (Å²) >= 11 is -6.15. The zero-order valence-corrected chi connectivity index (χ0v) is 10.8. The summed E-state index contributed by atoms with van der Waals surface area (Å²) in [6.07, 6.45) is 0. The number of hydrogen-bond acceptors (Lipinski definition) is 2. The van der Waals surface area contributed by atoms with Crippen molar-refractivity contribution in [1.29, 1.82) is 0 Å². The molecule has 0 heterocycles. The first-order chi connectivity index (χ1) is 5.40. The molecule has 4 heteroatoms. The van der Waals surface area contributed by atoms with Crippen molar-refractivity contribution >= 4 is 0 Å². The molecule has 13 heavy (non-hydrogen) atoms. The van der Waals surface area contributed by atoms with Crippen LogP contribution in [0.5, 0.6) is 0 Å². The van der Waals surface area contributed by atoms with E-state index in [1.807, 2.05) is 0 Å². The Morgan fingerprint density at radius 3 is 0.923 bits per heavy atom. The van der Waals surface area contributed by atoms with Gasteiger partial charge in [-0.3, -0.25) is 0 Å². The van der Waals surface area contributed by atoms with Crippen LogP contribution in [0.4, 0.5) is 0 Å². The van der Waals surface area contributed by atoms with E-state index in [0.717, 1.165) is 0 Å². The van der Waals surface area contributed by atoms with Crippen LogP contribution in [-0.4, -0.2) is 4.03 Å². The molecule has 0 aliphatic rings. The first-order valence-electron chi connectivity index (χ1n) is 4.80. The molecule has 0 amide bonds. The maximum atomic E-state index is 12.5. The Morgan fingerprint density at radius 2 is 0.923 bits per heavy atom. The van der Waals surface area contributed by atoms with Gasteiger partial charge in [-0.1, -0.05) is 0 Å². The van der Waals surface area contributed by atoms with Crippen LogP contribution in [0.1, 0.15) is 41.5 Å². The molecule has 0 aromatic heterocycles. The van der Waals surface area contributed by atoms with E-state index in [1.54, 1.807) is 41.5 Å². The van der Waals surface area contributed by atoms with E-state index in [2.05, 4.69) is 0 Å². The van der Waals surface area contributed by atoms with Crippen molar-refractivity contribution in [2.24, 2.45) is 0 Å². The monoisotopic (exact) mass is 229 g/mol. The van der Waals surface area contributed by atoms with Gasteiger partial charge in [-0.2, -0.15) is 0 Å². The second-order valence-corrected chi connectivity index (χ2v) is 15.0. The average Bonchev–Trinajstić information content (AvgIpc) is 1.86. The molecule has 0 bridgehead atoms. The van der Waals surface area contributed by atoms with Crippen LogP contribution in [0.25, 0.3) is 0 Å². The van der Waals surface area contributed by atoms with Crippen LogP contribution >= 0.6 is 0 Å². The van der Waals surface area contributed by atoms with Crippen molar-refractivity contribution in [2.45, 2.75) is 55.4 Å². The fourth-order valence-corrected chi connectivity index (χ4v) is 7.38. The van der Waals surface area contributed by atoms with Gasteiger partial charge < -0.3 is 0 Å². The predicted octanol–water partition coefficient (Wildman–Crippen LogP) is 3.29. The molecular formula is C9H22O3V. The zero-order valence-electron chi connectivity index (χ0n) is 9.44. The van der Waals surface area contributed by atoms with Gasteiger partial charge in [0, 0.05) is 0 Å². The zero-order chi connectivity index (χ0) is 11.1. The third kappa shape index (κ3) is 1.38. The van der Waals surface area contributed by atoms with Gasteiger partial charge in [0.25, 0.3) is 0 Å². The van der Waals surface area contributed by atoms with Gasteiger partial charge in [0.1, 0.15) is 0 Å². The van der Waals surface area contributed by atoms with Crippen molar-refractivity contribution in [3.05, 3.63) is 0 Å².